The molecule has 0 N–H and O–H groups in total. The van der Waals surface area contributed by atoms with Gasteiger partial charge in [0, 0.05) is 18.8 Å². The van der Waals surface area contributed by atoms with Crippen LogP contribution in [0, 0.1) is 5.92 Å². The molecule has 0 amide bonds. The predicted molar refractivity (Wildman–Crippen MR) is 66.5 cm³/mol. The van der Waals surface area contributed by atoms with E-state index in [1.165, 1.54) is 5.56 Å². The highest BCUT2D eigenvalue weighted by Crippen LogP contribution is 2.44. The van der Waals surface area contributed by atoms with Gasteiger partial charge < -0.3 is 14.2 Å². The van der Waals surface area contributed by atoms with E-state index in [2.05, 4.69) is 18.2 Å². The van der Waals surface area contributed by atoms with E-state index in [0.717, 1.165) is 44.6 Å². The van der Waals surface area contributed by atoms with E-state index in [-0.39, 0.29) is 5.79 Å². The summed E-state index contributed by atoms with van der Waals surface area (Å²) >= 11 is 0. The van der Waals surface area contributed by atoms with Crippen molar-refractivity contribution in [2.75, 3.05) is 13.2 Å². The van der Waals surface area contributed by atoms with Gasteiger partial charge in [0.1, 0.15) is 11.9 Å². The molecule has 0 radical (unpaired) electrons. The average Bonchev–Trinajstić information content (AvgIpc) is 2.85. The highest BCUT2D eigenvalue weighted by Gasteiger charge is 2.47. The van der Waals surface area contributed by atoms with Gasteiger partial charge in [0.05, 0.1) is 13.2 Å². The molecule has 1 aromatic carbocycles. The first-order valence-corrected chi connectivity index (χ1v) is 6.87. The summed E-state index contributed by atoms with van der Waals surface area (Å²) in [6.07, 6.45) is 4.43. The van der Waals surface area contributed by atoms with Crippen LogP contribution in [0.2, 0.25) is 0 Å². The average molecular weight is 246 g/mol. The Labute approximate surface area is 107 Å². The van der Waals surface area contributed by atoms with Crippen molar-refractivity contribution in [3.8, 4) is 5.75 Å². The Bertz CT molecular complexity index is 451. The van der Waals surface area contributed by atoms with Gasteiger partial charge in [-0.3, -0.25) is 0 Å². The summed E-state index contributed by atoms with van der Waals surface area (Å²) < 4.78 is 17.8. The molecule has 2 heterocycles. The van der Waals surface area contributed by atoms with Gasteiger partial charge in [-0.25, -0.2) is 0 Å². The molecular formula is C15H18O3. The number of hydrogen-bond donors (Lipinski definition) is 0. The van der Waals surface area contributed by atoms with Crippen LogP contribution in [-0.2, 0) is 15.9 Å². The number of rotatable bonds is 0. The third-order valence-electron chi connectivity index (χ3n) is 4.46. The fraction of sp³-hybridized carbons (Fsp3) is 0.600. The topological polar surface area (TPSA) is 27.7 Å². The van der Waals surface area contributed by atoms with Gasteiger partial charge in [-0.2, -0.15) is 0 Å². The number of hydrogen-bond acceptors (Lipinski definition) is 3. The minimum atomic E-state index is -0.295. The molecule has 2 atom stereocenters. The minimum Gasteiger partial charge on any atom is -0.490 e. The van der Waals surface area contributed by atoms with Crippen LogP contribution < -0.4 is 4.74 Å². The SMILES string of the molecule is c1ccc2c(c1)CC1CC3(CCC1O2)OCCO3. The number of benzene rings is 1. The zero-order chi connectivity index (χ0) is 12.0. The quantitative estimate of drug-likeness (QED) is 0.704. The normalized spacial score (nSPS) is 32.7. The van der Waals surface area contributed by atoms with Gasteiger partial charge in [-0.15, -0.1) is 0 Å². The molecule has 2 unspecified atom stereocenters. The van der Waals surface area contributed by atoms with E-state index in [9.17, 15) is 0 Å². The molecule has 3 aliphatic rings. The lowest BCUT2D eigenvalue weighted by Gasteiger charge is -2.43. The molecule has 18 heavy (non-hydrogen) atoms. The van der Waals surface area contributed by atoms with Gasteiger partial charge in [0.15, 0.2) is 5.79 Å². The Balaban J connectivity index is 1.59. The van der Waals surface area contributed by atoms with Gasteiger partial charge in [0.25, 0.3) is 0 Å². The maximum absolute atomic E-state index is 6.13. The Kier molecular flexibility index (Phi) is 2.39. The smallest absolute Gasteiger partial charge is 0.169 e. The van der Waals surface area contributed by atoms with Crippen molar-refractivity contribution in [1.82, 2.24) is 0 Å². The van der Waals surface area contributed by atoms with E-state index in [4.69, 9.17) is 14.2 Å². The summed E-state index contributed by atoms with van der Waals surface area (Å²) in [7, 11) is 0. The van der Waals surface area contributed by atoms with Crippen LogP contribution in [0.3, 0.4) is 0 Å². The second kappa shape index (κ2) is 3.97. The van der Waals surface area contributed by atoms with Crippen LogP contribution in [-0.4, -0.2) is 25.1 Å². The molecule has 1 saturated carbocycles. The second-order valence-corrected chi connectivity index (χ2v) is 5.58. The molecule has 2 fully saturated rings. The van der Waals surface area contributed by atoms with E-state index < -0.39 is 0 Å². The molecule has 1 aromatic rings. The molecule has 3 heteroatoms. The highest BCUT2D eigenvalue weighted by atomic mass is 16.7. The fourth-order valence-corrected chi connectivity index (χ4v) is 3.58. The largest absolute Gasteiger partial charge is 0.490 e. The molecule has 1 aliphatic carbocycles. The molecular weight excluding hydrogens is 228 g/mol. The third kappa shape index (κ3) is 1.65. The Morgan fingerprint density at radius 3 is 2.83 bits per heavy atom. The van der Waals surface area contributed by atoms with E-state index >= 15 is 0 Å². The standard InChI is InChI=1S/C15H18O3/c1-2-4-13-11(3-1)9-12-10-15(16-7-8-17-15)6-5-14(12)18-13/h1-4,12,14H,5-10H2. The van der Waals surface area contributed by atoms with Gasteiger partial charge in [0.2, 0.25) is 0 Å². The van der Waals surface area contributed by atoms with Gasteiger partial charge in [-0.1, -0.05) is 18.2 Å². The van der Waals surface area contributed by atoms with Crippen molar-refractivity contribution in [1.29, 1.82) is 0 Å². The first kappa shape index (κ1) is 10.8. The summed E-state index contributed by atoms with van der Waals surface area (Å²) in [4.78, 5) is 0. The third-order valence-corrected chi connectivity index (χ3v) is 4.46. The Morgan fingerprint density at radius 2 is 1.94 bits per heavy atom. The molecule has 1 saturated heterocycles. The van der Waals surface area contributed by atoms with Crippen LogP contribution in [0.4, 0.5) is 0 Å². The van der Waals surface area contributed by atoms with E-state index in [0.29, 0.717) is 12.0 Å². The van der Waals surface area contributed by atoms with Crippen LogP contribution in [0.1, 0.15) is 24.8 Å². The monoisotopic (exact) mass is 246 g/mol. The lowest BCUT2D eigenvalue weighted by Crippen LogP contribution is -2.46. The minimum absolute atomic E-state index is 0.295. The lowest BCUT2D eigenvalue weighted by atomic mass is 9.77. The zero-order valence-corrected chi connectivity index (χ0v) is 10.4. The van der Waals surface area contributed by atoms with Crippen molar-refractivity contribution in [2.45, 2.75) is 37.6 Å². The van der Waals surface area contributed by atoms with Crippen LogP contribution in [0.25, 0.3) is 0 Å². The summed E-state index contributed by atoms with van der Waals surface area (Å²) in [5.74, 6) is 1.31. The molecule has 4 rings (SSSR count). The number of para-hydroxylation sites is 1. The van der Waals surface area contributed by atoms with Crippen molar-refractivity contribution in [2.24, 2.45) is 5.92 Å². The van der Waals surface area contributed by atoms with Crippen molar-refractivity contribution >= 4 is 0 Å². The second-order valence-electron chi connectivity index (χ2n) is 5.58. The van der Waals surface area contributed by atoms with Gasteiger partial charge >= 0.3 is 0 Å². The maximum Gasteiger partial charge on any atom is 0.169 e. The first-order valence-electron chi connectivity index (χ1n) is 6.87. The van der Waals surface area contributed by atoms with Gasteiger partial charge in [-0.05, 0) is 24.5 Å². The predicted octanol–water partition coefficient (Wildman–Crippen LogP) is 2.53. The summed E-state index contributed by atoms with van der Waals surface area (Å²) in [6.45, 7) is 1.49. The van der Waals surface area contributed by atoms with Crippen molar-refractivity contribution in [3.05, 3.63) is 29.8 Å². The van der Waals surface area contributed by atoms with E-state index in [1.807, 2.05) is 6.07 Å². The fourth-order valence-electron chi connectivity index (χ4n) is 3.58. The first-order chi connectivity index (χ1) is 8.85. The summed E-state index contributed by atoms with van der Waals surface area (Å²) in [5, 5.41) is 0. The summed E-state index contributed by atoms with van der Waals surface area (Å²) in [6, 6.07) is 8.39. The lowest BCUT2D eigenvalue weighted by molar-refractivity contribution is -0.201. The summed E-state index contributed by atoms with van der Waals surface area (Å²) in [5.41, 5.74) is 1.33. The molecule has 1 spiro atoms. The zero-order valence-electron chi connectivity index (χ0n) is 10.4. The number of ether oxygens (including phenoxy) is 3. The van der Waals surface area contributed by atoms with Crippen LogP contribution in [0.5, 0.6) is 5.75 Å². The molecule has 96 valence electrons. The Hall–Kier alpha value is -1.06. The van der Waals surface area contributed by atoms with E-state index in [1.54, 1.807) is 0 Å². The van der Waals surface area contributed by atoms with Crippen LogP contribution in [0.15, 0.2) is 24.3 Å². The maximum atomic E-state index is 6.13. The molecule has 2 aliphatic heterocycles. The van der Waals surface area contributed by atoms with Crippen molar-refractivity contribution in [3.63, 3.8) is 0 Å². The van der Waals surface area contributed by atoms with Crippen molar-refractivity contribution < 1.29 is 14.2 Å². The molecule has 0 bridgehead atoms. The molecule has 0 aromatic heterocycles. The van der Waals surface area contributed by atoms with Crippen LogP contribution >= 0.6 is 0 Å². The number of fused-ring (bicyclic) bond motifs is 2. The highest BCUT2D eigenvalue weighted by molar-refractivity contribution is 5.36. The Morgan fingerprint density at radius 1 is 1.11 bits per heavy atom. The molecule has 3 nitrogen and oxygen atoms in total.